The van der Waals surface area contributed by atoms with Crippen molar-refractivity contribution in [1.82, 2.24) is 10.6 Å². The van der Waals surface area contributed by atoms with Crippen LogP contribution in [0.25, 0.3) is 0 Å². The third-order valence-corrected chi connectivity index (χ3v) is 6.88. The summed E-state index contributed by atoms with van der Waals surface area (Å²) in [5.41, 5.74) is -2.49. The lowest BCUT2D eigenvalue weighted by Gasteiger charge is -2.09. The number of benzene rings is 4. The van der Waals surface area contributed by atoms with Crippen molar-refractivity contribution < 1.29 is 58.2 Å². The third-order valence-electron chi connectivity index (χ3n) is 6.81. The molecule has 23 heteroatoms. The molecule has 4 rings (SSSR count). The van der Waals surface area contributed by atoms with Gasteiger partial charge < -0.3 is 30.0 Å². The van der Waals surface area contributed by atoms with E-state index < -0.39 is 67.7 Å². The van der Waals surface area contributed by atoms with E-state index in [4.69, 9.17) is 39.0 Å². The maximum atomic E-state index is 12.0. The van der Waals surface area contributed by atoms with Gasteiger partial charge in [0.15, 0.2) is 0 Å². The summed E-state index contributed by atoms with van der Waals surface area (Å²) in [6.45, 7) is -1.18. The summed E-state index contributed by atoms with van der Waals surface area (Å²) in [4.78, 5) is 86.1. The predicted molar refractivity (Wildman–Crippen MR) is 203 cm³/mol. The summed E-state index contributed by atoms with van der Waals surface area (Å²) in [7, 11) is 0. The first-order valence-electron chi connectivity index (χ1n) is 15.8. The van der Waals surface area contributed by atoms with Crippen LogP contribution < -0.4 is 20.1 Å². The number of aliphatic hydroxyl groups excluding tert-OH is 1. The van der Waals surface area contributed by atoms with E-state index in [0.717, 1.165) is 12.1 Å². The molecule has 4 aromatic rings. The molecule has 0 fully saturated rings. The molecule has 3 N–H and O–H groups in total. The summed E-state index contributed by atoms with van der Waals surface area (Å²) >= 11 is 4.92. The van der Waals surface area contributed by atoms with Gasteiger partial charge in [-0.3, -0.25) is 50.0 Å². The number of nitro groups is 4. The second-order valence-electron chi connectivity index (χ2n) is 10.6. The van der Waals surface area contributed by atoms with Crippen LogP contribution in [0.15, 0.2) is 84.9 Å². The minimum atomic E-state index is -1.18. The van der Waals surface area contributed by atoms with Crippen molar-refractivity contribution in [3.8, 4) is 36.2 Å². The second kappa shape index (κ2) is 23.4. The Morgan fingerprint density at radius 1 is 0.627 bits per heavy atom. The quantitative estimate of drug-likeness (QED) is 0.0381. The van der Waals surface area contributed by atoms with Gasteiger partial charge in [0.25, 0.3) is 34.6 Å². The SMILES string of the molecule is C#CCNC(=O)c1cccc(CO)c1[N+](=O)[O-].C#CCNC(=O)c1cccc(COC(=O)Oc2ccc([N+](=O)[O-])cc2)c1[N+](=O)[O-].O=C(Cl)Oc1ccc([N+](=O)[O-])cc1. The fourth-order valence-electron chi connectivity index (χ4n) is 4.30. The summed E-state index contributed by atoms with van der Waals surface area (Å²) in [6, 6.07) is 17.8. The number of terminal acetylenes is 2. The number of nitro benzene ring substituents is 4. The lowest BCUT2D eigenvalue weighted by atomic mass is 10.1. The monoisotopic (exact) mass is 834 g/mol. The van der Waals surface area contributed by atoms with Gasteiger partial charge in [-0.2, -0.15) is 0 Å². The van der Waals surface area contributed by atoms with Gasteiger partial charge in [-0.25, -0.2) is 9.59 Å². The van der Waals surface area contributed by atoms with Crippen LogP contribution in [-0.4, -0.2) is 61.3 Å². The molecule has 0 aromatic heterocycles. The summed E-state index contributed by atoms with van der Waals surface area (Å²) in [6.07, 6.45) is 8.83. The number of para-hydroxylation sites is 2. The molecule has 0 aliphatic carbocycles. The number of non-ortho nitro benzene ring substituents is 2. The van der Waals surface area contributed by atoms with E-state index in [1.165, 1.54) is 72.8 Å². The van der Waals surface area contributed by atoms with E-state index in [9.17, 15) is 59.6 Å². The van der Waals surface area contributed by atoms with Gasteiger partial charge in [0, 0.05) is 35.9 Å². The van der Waals surface area contributed by atoms with Gasteiger partial charge in [0.2, 0.25) is 0 Å². The number of halogens is 1. The number of amides is 2. The van der Waals surface area contributed by atoms with Crippen molar-refractivity contribution in [3.63, 3.8) is 0 Å². The summed E-state index contributed by atoms with van der Waals surface area (Å²) in [5.74, 6) is 3.15. The molecule has 0 saturated heterocycles. The van der Waals surface area contributed by atoms with Gasteiger partial charge in [-0.05, 0) is 48.5 Å². The molecular formula is C36H27ClN6O16. The van der Waals surface area contributed by atoms with Crippen LogP contribution in [0, 0.1) is 65.1 Å². The van der Waals surface area contributed by atoms with Gasteiger partial charge in [-0.15, -0.1) is 12.8 Å². The van der Waals surface area contributed by atoms with Crippen molar-refractivity contribution in [1.29, 1.82) is 0 Å². The maximum absolute atomic E-state index is 12.0. The van der Waals surface area contributed by atoms with Crippen LogP contribution in [0.5, 0.6) is 11.5 Å². The zero-order valence-corrected chi connectivity index (χ0v) is 30.6. The number of nitrogens with one attached hydrogen (secondary N) is 2. The van der Waals surface area contributed by atoms with Crippen molar-refractivity contribution in [2.75, 3.05) is 13.1 Å². The van der Waals surface area contributed by atoms with Crippen LogP contribution in [0.3, 0.4) is 0 Å². The molecule has 4 aromatic carbocycles. The normalized spacial score (nSPS) is 9.56. The summed E-state index contributed by atoms with van der Waals surface area (Å²) < 4.78 is 14.2. The third kappa shape index (κ3) is 14.9. The zero-order valence-electron chi connectivity index (χ0n) is 29.8. The van der Waals surface area contributed by atoms with E-state index in [2.05, 4.69) is 27.2 Å². The molecule has 2 amide bonds. The van der Waals surface area contributed by atoms with Crippen LogP contribution in [0.2, 0.25) is 0 Å². The molecule has 22 nitrogen and oxygen atoms in total. The van der Waals surface area contributed by atoms with E-state index >= 15 is 0 Å². The van der Waals surface area contributed by atoms with E-state index in [1.54, 1.807) is 0 Å². The first-order valence-corrected chi connectivity index (χ1v) is 16.2. The molecule has 59 heavy (non-hydrogen) atoms. The first-order chi connectivity index (χ1) is 28.0. The number of carbonyl (C=O) groups excluding carboxylic acids is 4. The second-order valence-corrected chi connectivity index (χ2v) is 10.9. The smallest absolute Gasteiger partial charge is 0.429 e. The number of nitrogens with zero attached hydrogens (tertiary/aromatic N) is 4. The highest BCUT2D eigenvalue weighted by atomic mass is 35.5. The Morgan fingerprint density at radius 2 is 1.03 bits per heavy atom. The highest BCUT2D eigenvalue weighted by Gasteiger charge is 2.26. The maximum Gasteiger partial charge on any atom is 0.514 e. The number of ether oxygens (including phenoxy) is 3. The van der Waals surface area contributed by atoms with E-state index in [-0.39, 0.29) is 58.2 Å². The molecule has 0 aliphatic rings. The van der Waals surface area contributed by atoms with Crippen molar-refractivity contribution in [3.05, 3.63) is 148 Å². The Hall–Kier alpha value is -8.47. The average molecular weight is 835 g/mol. The number of rotatable bonds is 13. The lowest BCUT2D eigenvalue weighted by Crippen LogP contribution is -2.24. The van der Waals surface area contributed by atoms with Crippen molar-refractivity contribution in [2.45, 2.75) is 13.2 Å². The lowest BCUT2D eigenvalue weighted by molar-refractivity contribution is -0.386. The largest absolute Gasteiger partial charge is 0.514 e. The average Bonchev–Trinajstić information content (AvgIpc) is 3.21. The molecule has 0 saturated carbocycles. The Balaban J connectivity index is 0.000000337. The van der Waals surface area contributed by atoms with Gasteiger partial charge in [-0.1, -0.05) is 24.0 Å². The van der Waals surface area contributed by atoms with Gasteiger partial charge in [0.1, 0.15) is 29.2 Å². The Bertz CT molecular complexity index is 2310. The van der Waals surface area contributed by atoms with Crippen molar-refractivity contribution in [2.24, 2.45) is 0 Å². The number of carbonyl (C=O) groups is 4. The topological polar surface area (TPSA) is 313 Å². The Labute approximate surface area is 336 Å². The van der Waals surface area contributed by atoms with Crippen molar-refractivity contribution >= 4 is 57.7 Å². The zero-order chi connectivity index (χ0) is 44.1. The fraction of sp³-hybridized carbons (Fsp3) is 0.111. The van der Waals surface area contributed by atoms with Crippen LogP contribution in [0.1, 0.15) is 31.8 Å². The minimum absolute atomic E-state index is 0.0145. The van der Waals surface area contributed by atoms with Crippen LogP contribution in [-0.2, 0) is 18.0 Å². The predicted octanol–water partition coefficient (Wildman–Crippen LogP) is 5.36. The Morgan fingerprint density at radius 3 is 1.41 bits per heavy atom. The summed E-state index contributed by atoms with van der Waals surface area (Å²) in [5, 5.41) is 56.7. The number of aliphatic hydroxyl groups is 1. The molecule has 0 unspecified atom stereocenters. The fourth-order valence-corrected chi connectivity index (χ4v) is 4.39. The molecule has 0 spiro atoms. The molecule has 0 bridgehead atoms. The van der Waals surface area contributed by atoms with Crippen LogP contribution >= 0.6 is 11.6 Å². The molecule has 0 aliphatic heterocycles. The molecule has 0 heterocycles. The van der Waals surface area contributed by atoms with E-state index in [0.29, 0.717) is 0 Å². The molecule has 0 atom stereocenters. The standard InChI is InChI=1S/C18H13N3O8.C11H10N2O4.C7H4ClNO4/c1-2-10-19-17(22)15-5-3-4-12(16(15)21(26)27)11-28-18(23)29-14-8-6-13(7-9-14)20(24)25;1-2-6-12-11(15)9-5-3-4-8(7-14)10(9)13(16)17;8-7(10)13-6-3-1-5(2-4-6)9(11)12/h1,3-9H,10-11H2,(H,19,22);1,3-5,14H,6-7H2,(H,12,15);1-4H. The first kappa shape index (κ1) is 46.7. The highest BCUT2D eigenvalue weighted by Crippen LogP contribution is 2.26. The van der Waals surface area contributed by atoms with E-state index in [1.807, 2.05) is 0 Å². The molecule has 304 valence electrons. The van der Waals surface area contributed by atoms with Gasteiger partial charge in [0.05, 0.1) is 50.5 Å². The number of hydrogen-bond donors (Lipinski definition) is 3. The van der Waals surface area contributed by atoms with Crippen LogP contribution in [0.4, 0.5) is 32.3 Å². The molecule has 0 radical (unpaired) electrons. The highest BCUT2D eigenvalue weighted by molar-refractivity contribution is 6.61. The van der Waals surface area contributed by atoms with Gasteiger partial charge >= 0.3 is 11.6 Å². The Kier molecular flexibility index (Phi) is 18.6. The minimum Gasteiger partial charge on any atom is -0.429 e. The molecular weight excluding hydrogens is 808 g/mol. The number of hydrogen-bond acceptors (Lipinski definition) is 16.